The van der Waals surface area contributed by atoms with E-state index in [9.17, 15) is 13.6 Å². The largest absolute Gasteiger partial charge is 0.350 e. The van der Waals surface area contributed by atoms with E-state index in [0.29, 0.717) is 13.1 Å². The molecule has 0 aromatic heterocycles. The normalized spacial score (nSPS) is 18.9. The number of carbonyl (C=O) groups excluding carboxylic acids is 1. The van der Waals surface area contributed by atoms with Crippen molar-refractivity contribution in [3.63, 3.8) is 0 Å². The summed E-state index contributed by atoms with van der Waals surface area (Å²) in [6.07, 6.45) is 1.94. The van der Waals surface area contributed by atoms with Crippen molar-refractivity contribution in [3.8, 4) is 0 Å². The minimum atomic E-state index is -2.89. The summed E-state index contributed by atoms with van der Waals surface area (Å²) in [6, 6.07) is 0. The molecule has 88 valence electrons. The van der Waals surface area contributed by atoms with Gasteiger partial charge < -0.3 is 10.2 Å². The number of amides is 1. The van der Waals surface area contributed by atoms with E-state index in [1.165, 1.54) is 25.7 Å². The van der Waals surface area contributed by atoms with Gasteiger partial charge in [-0.1, -0.05) is 12.8 Å². The van der Waals surface area contributed by atoms with E-state index in [4.69, 9.17) is 0 Å². The van der Waals surface area contributed by atoms with E-state index in [-0.39, 0.29) is 0 Å². The minimum Gasteiger partial charge on any atom is -0.350 e. The summed E-state index contributed by atoms with van der Waals surface area (Å²) in [5.41, 5.74) is 0. The Morgan fingerprint density at radius 3 is 2.33 bits per heavy atom. The molecule has 1 amide bonds. The molecule has 0 aromatic rings. The van der Waals surface area contributed by atoms with Crippen molar-refractivity contribution >= 4 is 5.91 Å². The summed E-state index contributed by atoms with van der Waals surface area (Å²) in [7, 11) is 0. The van der Waals surface area contributed by atoms with Crippen molar-refractivity contribution in [1.82, 2.24) is 10.2 Å². The van der Waals surface area contributed by atoms with Gasteiger partial charge in [0.1, 0.15) is 0 Å². The van der Waals surface area contributed by atoms with Gasteiger partial charge in [-0.25, -0.2) is 0 Å². The summed E-state index contributed by atoms with van der Waals surface area (Å²) < 4.78 is 23.7. The standard InChI is InChI=1S/C10H18F2N2O/c11-9(12)10(15)13-5-8-14-6-3-1-2-4-7-14/h9H,1-8H2,(H,13,15). The number of halogens is 2. The average molecular weight is 220 g/mol. The highest BCUT2D eigenvalue weighted by atomic mass is 19.3. The van der Waals surface area contributed by atoms with Gasteiger partial charge >= 0.3 is 6.43 Å². The molecule has 1 N–H and O–H groups in total. The number of likely N-dealkylation sites (tertiary alicyclic amines) is 1. The lowest BCUT2D eigenvalue weighted by Gasteiger charge is -2.19. The summed E-state index contributed by atoms with van der Waals surface area (Å²) in [5.74, 6) is -1.16. The van der Waals surface area contributed by atoms with Crippen molar-refractivity contribution in [2.75, 3.05) is 26.2 Å². The number of nitrogens with zero attached hydrogens (tertiary/aromatic N) is 1. The van der Waals surface area contributed by atoms with Gasteiger partial charge in [-0.3, -0.25) is 4.79 Å². The van der Waals surface area contributed by atoms with Gasteiger partial charge in [-0.05, 0) is 25.9 Å². The molecule has 0 spiro atoms. The highest BCUT2D eigenvalue weighted by Gasteiger charge is 2.14. The van der Waals surface area contributed by atoms with Crippen LogP contribution in [0.15, 0.2) is 0 Å². The van der Waals surface area contributed by atoms with Crippen LogP contribution in [0.3, 0.4) is 0 Å². The van der Waals surface area contributed by atoms with Crippen LogP contribution in [0.2, 0.25) is 0 Å². The summed E-state index contributed by atoms with van der Waals surface area (Å²) in [5, 5.41) is 2.22. The number of hydrogen-bond acceptors (Lipinski definition) is 2. The van der Waals surface area contributed by atoms with Gasteiger partial charge in [0.15, 0.2) is 0 Å². The first kappa shape index (κ1) is 12.4. The second kappa shape index (κ2) is 6.71. The van der Waals surface area contributed by atoms with E-state index in [0.717, 1.165) is 13.1 Å². The molecular formula is C10H18F2N2O. The molecule has 0 bridgehead atoms. The molecule has 0 aliphatic carbocycles. The molecule has 15 heavy (non-hydrogen) atoms. The molecule has 1 saturated heterocycles. The number of rotatable bonds is 4. The predicted molar refractivity (Wildman–Crippen MR) is 53.9 cm³/mol. The van der Waals surface area contributed by atoms with Gasteiger partial charge in [0, 0.05) is 13.1 Å². The smallest absolute Gasteiger partial charge is 0.315 e. The predicted octanol–water partition coefficient (Wildman–Crippen LogP) is 1.24. The summed E-state index contributed by atoms with van der Waals surface area (Å²) in [4.78, 5) is 12.8. The zero-order valence-corrected chi connectivity index (χ0v) is 8.85. The quantitative estimate of drug-likeness (QED) is 0.773. The maximum absolute atomic E-state index is 11.8. The van der Waals surface area contributed by atoms with Crippen LogP contribution in [0.25, 0.3) is 0 Å². The van der Waals surface area contributed by atoms with Crippen molar-refractivity contribution in [2.45, 2.75) is 32.1 Å². The van der Waals surface area contributed by atoms with Crippen molar-refractivity contribution in [1.29, 1.82) is 0 Å². The molecule has 0 unspecified atom stereocenters. The molecule has 5 heteroatoms. The Kier molecular flexibility index (Phi) is 5.53. The lowest BCUT2D eigenvalue weighted by atomic mass is 10.2. The molecule has 0 radical (unpaired) electrons. The SMILES string of the molecule is O=C(NCCN1CCCCCC1)C(F)F. The first-order valence-corrected chi connectivity index (χ1v) is 5.48. The molecule has 1 heterocycles. The molecule has 0 atom stereocenters. The fraction of sp³-hybridized carbons (Fsp3) is 0.900. The van der Waals surface area contributed by atoms with E-state index < -0.39 is 12.3 Å². The summed E-state index contributed by atoms with van der Waals surface area (Å²) in [6.45, 7) is 3.04. The Morgan fingerprint density at radius 2 is 1.80 bits per heavy atom. The lowest BCUT2D eigenvalue weighted by molar-refractivity contribution is -0.131. The highest BCUT2D eigenvalue weighted by Crippen LogP contribution is 2.08. The Balaban J connectivity index is 2.10. The average Bonchev–Trinajstić information content (AvgIpc) is 2.46. The molecule has 1 rings (SSSR count). The van der Waals surface area contributed by atoms with E-state index in [1.807, 2.05) is 0 Å². The second-order valence-corrected chi connectivity index (χ2v) is 3.85. The van der Waals surface area contributed by atoms with Crippen molar-refractivity contribution in [2.24, 2.45) is 0 Å². The van der Waals surface area contributed by atoms with Crippen LogP contribution in [-0.4, -0.2) is 43.4 Å². The van der Waals surface area contributed by atoms with Crippen molar-refractivity contribution < 1.29 is 13.6 Å². The van der Waals surface area contributed by atoms with E-state index in [1.54, 1.807) is 0 Å². The number of carbonyl (C=O) groups is 1. The topological polar surface area (TPSA) is 32.3 Å². The van der Waals surface area contributed by atoms with Gasteiger partial charge in [-0.2, -0.15) is 8.78 Å². The molecule has 0 saturated carbocycles. The van der Waals surface area contributed by atoms with Gasteiger partial charge in [0.2, 0.25) is 0 Å². The molecule has 3 nitrogen and oxygen atoms in total. The van der Waals surface area contributed by atoms with Crippen LogP contribution in [0.5, 0.6) is 0 Å². The van der Waals surface area contributed by atoms with Crippen LogP contribution in [0.1, 0.15) is 25.7 Å². The fourth-order valence-electron chi connectivity index (χ4n) is 1.77. The zero-order chi connectivity index (χ0) is 11.1. The molecule has 1 aliphatic heterocycles. The Morgan fingerprint density at radius 1 is 1.20 bits per heavy atom. The van der Waals surface area contributed by atoms with Crippen LogP contribution < -0.4 is 5.32 Å². The molecule has 1 fully saturated rings. The lowest BCUT2D eigenvalue weighted by Crippen LogP contribution is -2.37. The van der Waals surface area contributed by atoms with Gasteiger partial charge in [0.05, 0.1) is 0 Å². The Labute approximate surface area is 88.8 Å². The number of nitrogens with one attached hydrogen (secondary N) is 1. The van der Waals surface area contributed by atoms with Gasteiger partial charge in [0.25, 0.3) is 5.91 Å². The molecule has 0 aromatic carbocycles. The second-order valence-electron chi connectivity index (χ2n) is 3.85. The number of alkyl halides is 2. The van der Waals surface area contributed by atoms with E-state index in [2.05, 4.69) is 10.2 Å². The van der Waals surface area contributed by atoms with Crippen LogP contribution in [0.4, 0.5) is 8.78 Å². The third-order valence-electron chi connectivity index (χ3n) is 2.62. The van der Waals surface area contributed by atoms with Gasteiger partial charge in [-0.15, -0.1) is 0 Å². The monoisotopic (exact) mass is 220 g/mol. The summed E-state index contributed by atoms with van der Waals surface area (Å²) >= 11 is 0. The van der Waals surface area contributed by atoms with Crippen LogP contribution >= 0.6 is 0 Å². The van der Waals surface area contributed by atoms with Crippen LogP contribution in [-0.2, 0) is 4.79 Å². The highest BCUT2D eigenvalue weighted by molar-refractivity contribution is 5.78. The Bertz CT molecular complexity index is 192. The van der Waals surface area contributed by atoms with E-state index >= 15 is 0 Å². The molecule has 1 aliphatic rings. The molecular weight excluding hydrogens is 202 g/mol. The minimum absolute atomic E-state index is 0.323. The zero-order valence-electron chi connectivity index (χ0n) is 8.85. The maximum Gasteiger partial charge on any atom is 0.315 e. The third kappa shape index (κ3) is 5.06. The first-order valence-electron chi connectivity index (χ1n) is 5.48. The fourth-order valence-corrected chi connectivity index (χ4v) is 1.77. The van der Waals surface area contributed by atoms with Crippen LogP contribution in [0, 0.1) is 0 Å². The van der Waals surface area contributed by atoms with Crippen molar-refractivity contribution in [3.05, 3.63) is 0 Å². The third-order valence-corrected chi connectivity index (χ3v) is 2.62. The number of hydrogen-bond donors (Lipinski definition) is 1. The Hall–Kier alpha value is -0.710. The first-order chi connectivity index (χ1) is 7.20. The maximum atomic E-state index is 11.8.